The maximum Gasteiger partial charge on any atom is 0.330 e. The zero-order chi connectivity index (χ0) is 15.4. The number of rotatable bonds is 3. The van der Waals surface area contributed by atoms with Gasteiger partial charge >= 0.3 is 12.0 Å². The molecule has 8 heteroatoms. The van der Waals surface area contributed by atoms with Gasteiger partial charge in [0.05, 0.1) is 0 Å². The third kappa shape index (κ3) is 3.56. The van der Waals surface area contributed by atoms with Crippen molar-refractivity contribution in [2.75, 3.05) is 13.1 Å². The van der Waals surface area contributed by atoms with Crippen LogP contribution in [0.4, 0.5) is 4.79 Å². The van der Waals surface area contributed by atoms with Crippen molar-refractivity contribution in [3.8, 4) is 0 Å². The van der Waals surface area contributed by atoms with Crippen molar-refractivity contribution in [1.82, 2.24) is 15.5 Å². The van der Waals surface area contributed by atoms with Crippen LogP contribution in [0.2, 0.25) is 0 Å². The highest BCUT2D eigenvalue weighted by Crippen LogP contribution is 2.13. The van der Waals surface area contributed by atoms with Gasteiger partial charge in [-0.05, 0) is 5.56 Å². The molecule has 0 saturated carbocycles. The minimum Gasteiger partial charge on any atom is -0.479 e. The quantitative estimate of drug-likeness (QED) is 0.648. The normalized spacial score (nSPS) is 16.1. The lowest BCUT2D eigenvalue weighted by Gasteiger charge is -2.27. The SMILES string of the molecule is O=C1CN(C(=O)N[C@@H](C(=O)O)c2ccccc2)CC(=O)N1. The molecule has 1 fully saturated rings. The van der Waals surface area contributed by atoms with Crippen LogP contribution >= 0.6 is 0 Å². The smallest absolute Gasteiger partial charge is 0.330 e. The van der Waals surface area contributed by atoms with Crippen LogP contribution < -0.4 is 10.6 Å². The average Bonchev–Trinajstić information content (AvgIpc) is 2.44. The van der Waals surface area contributed by atoms with Crippen LogP contribution in [-0.2, 0) is 14.4 Å². The van der Waals surface area contributed by atoms with Crippen molar-refractivity contribution in [1.29, 1.82) is 0 Å². The van der Waals surface area contributed by atoms with E-state index >= 15 is 0 Å². The van der Waals surface area contributed by atoms with E-state index in [0.717, 1.165) is 4.90 Å². The van der Waals surface area contributed by atoms with Crippen LogP contribution in [0.5, 0.6) is 0 Å². The van der Waals surface area contributed by atoms with Gasteiger partial charge in [-0.3, -0.25) is 14.9 Å². The number of nitrogens with one attached hydrogen (secondary N) is 2. The second kappa shape index (κ2) is 6.04. The molecule has 0 unspecified atom stereocenters. The van der Waals surface area contributed by atoms with E-state index in [9.17, 15) is 24.3 Å². The first kappa shape index (κ1) is 14.5. The Morgan fingerprint density at radius 2 is 1.71 bits per heavy atom. The van der Waals surface area contributed by atoms with E-state index in [1.807, 2.05) is 0 Å². The number of aliphatic carboxylic acids is 1. The van der Waals surface area contributed by atoms with Gasteiger partial charge in [0.15, 0.2) is 6.04 Å². The van der Waals surface area contributed by atoms with Crippen LogP contribution in [0.3, 0.4) is 0 Å². The number of carbonyl (C=O) groups excluding carboxylic acids is 3. The largest absolute Gasteiger partial charge is 0.479 e. The van der Waals surface area contributed by atoms with Gasteiger partial charge in [0.25, 0.3) is 0 Å². The number of carboxylic acid groups (broad SMARTS) is 1. The van der Waals surface area contributed by atoms with Crippen molar-refractivity contribution in [2.45, 2.75) is 6.04 Å². The van der Waals surface area contributed by atoms with Gasteiger partial charge in [-0.2, -0.15) is 0 Å². The highest BCUT2D eigenvalue weighted by atomic mass is 16.4. The molecule has 3 N–H and O–H groups in total. The van der Waals surface area contributed by atoms with Gasteiger partial charge in [0.1, 0.15) is 13.1 Å². The minimum absolute atomic E-state index is 0.293. The predicted molar refractivity (Wildman–Crippen MR) is 70.1 cm³/mol. The summed E-state index contributed by atoms with van der Waals surface area (Å²) in [6.07, 6.45) is 0. The highest BCUT2D eigenvalue weighted by molar-refractivity contribution is 6.02. The molecule has 1 heterocycles. The Bertz CT molecular complexity index is 571. The van der Waals surface area contributed by atoms with Crippen molar-refractivity contribution < 1.29 is 24.3 Å². The molecule has 0 radical (unpaired) electrons. The van der Waals surface area contributed by atoms with Crippen LogP contribution in [0.15, 0.2) is 30.3 Å². The van der Waals surface area contributed by atoms with Gasteiger partial charge in [0.2, 0.25) is 11.8 Å². The number of hydrogen-bond donors (Lipinski definition) is 3. The standard InChI is InChI=1S/C13H13N3O5/c17-9-6-16(7-10(18)14-9)13(21)15-11(12(19)20)8-4-2-1-3-5-8/h1-5,11H,6-7H2,(H,15,21)(H,19,20)(H,14,17,18)/t11-/m1/s1. The average molecular weight is 291 g/mol. The number of carbonyl (C=O) groups is 4. The summed E-state index contributed by atoms with van der Waals surface area (Å²) in [4.78, 5) is 46.6. The summed E-state index contributed by atoms with van der Waals surface area (Å²) < 4.78 is 0. The Morgan fingerprint density at radius 1 is 1.14 bits per heavy atom. The van der Waals surface area contributed by atoms with E-state index in [1.54, 1.807) is 30.3 Å². The van der Waals surface area contributed by atoms with Gasteiger partial charge < -0.3 is 15.3 Å². The summed E-state index contributed by atoms with van der Waals surface area (Å²) in [5.41, 5.74) is 0.395. The van der Waals surface area contributed by atoms with E-state index < -0.39 is 29.9 Å². The third-order valence-corrected chi connectivity index (χ3v) is 2.88. The Morgan fingerprint density at radius 3 is 2.24 bits per heavy atom. The second-order valence-corrected chi connectivity index (χ2v) is 4.46. The number of urea groups is 1. The summed E-state index contributed by atoms with van der Waals surface area (Å²) >= 11 is 0. The number of benzene rings is 1. The fourth-order valence-electron chi connectivity index (χ4n) is 1.93. The molecule has 0 spiro atoms. The van der Waals surface area contributed by atoms with E-state index in [2.05, 4.69) is 10.6 Å². The molecule has 0 bridgehead atoms. The Kier molecular flexibility index (Phi) is 4.17. The van der Waals surface area contributed by atoms with Crippen molar-refractivity contribution in [3.05, 3.63) is 35.9 Å². The summed E-state index contributed by atoms with van der Waals surface area (Å²) in [6.45, 7) is -0.586. The lowest BCUT2D eigenvalue weighted by atomic mass is 10.1. The lowest BCUT2D eigenvalue weighted by molar-refractivity contribution is -0.139. The minimum atomic E-state index is -1.25. The van der Waals surface area contributed by atoms with E-state index in [4.69, 9.17) is 0 Å². The summed E-state index contributed by atoms with van der Waals surface area (Å²) in [5.74, 6) is -2.44. The predicted octanol–water partition coefficient (Wildman–Crippen LogP) is -0.520. The highest BCUT2D eigenvalue weighted by Gasteiger charge is 2.29. The molecule has 21 heavy (non-hydrogen) atoms. The Balaban J connectivity index is 2.10. The Labute approximate surface area is 119 Å². The van der Waals surface area contributed by atoms with Crippen molar-refractivity contribution >= 4 is 23.8 Å². The Hall–Kier alpha value is -2.90. The molecule has 1 saturated heterocycles. The number of nitrogens with zero attached hydrogens (tertiary/aromatic N) is 1. The third-order valence-electron chi connectivity index (χ3n) is 2.88. The zero-order valence-electron chi connectivity index (χ0n) is 10.9. The fourth-order valence-corrected chi connectivity index (χ4v) is 1.93. The van der Waals surface area contributed by atoms with Crippen molar-refractivity contribution in [2.24, 2.45) is 0 Å². The molecule has 0 aliphatic carbocycles. The molecule has 1 atom stereocenters. The molecular weight excluding hydrogens is 278 g/mol. The first-order valence-electron chi connectivity index (χ1n) is 6.13. The van der Waals surface area contributed by atoms with Crippen LogP contribution in [0, 0.1) is 0 Å². The topological polar surface area (TPSA) is 116 Å². The van der Waals surface area contributed by atoms with Crippen LogP contribution in [0.25, 0.3) is 0 Å². The van der Waals surface area contributed by atoms with Crippen LogP contribution in [0.1, 0.15) is 11.6 Å². The van der Waals surface area contributed by atoms with Crippen molar-refractivity contribution in [3.63, 3.8) is 0 Å². The van der Waals surface area contributed by atoms with Crippen LogP contribution in [-0.4, -0.2) is 46.9 Å². The molecule has 110 valence electrons. The summed E-state index contributed by atoms with van der Waals surface area (Å²) in [6, 6.07) is 6.11. The molecule has 0 aromatic heterocycles. The van der Waals surface area contributed by atoms with E-state index in [0.29, 0.717) is 5.56 Å². The first-order valence-corrected chi connectivity index (χ1v) is 6.13. The molecule has 8 nitrogen and oxygen atoms in total. The van der Waals surface area contributed by atoms with Gasteiger partial charge in [0, 0.05) is 0 Å². The molecule has 1 aliphatic rings. The zero-order valence-corrected chi connectivity index (χ0v) is 10.9. The van der Waals surface area contributed by atoms with E-state index in [1.165, 1.54) is 0 Å². The monoisotopic (exact) mass is 291 g/mol. The number of imide groups is 1. The first-order chi connectivity index (χ1) is 9.97. The molecule has 1 aromatic carbocycles. The molecular formula is C13H13N3O5. The number of amides is 4. The fraction of sp³-hybridized carbons (Fsp3) is 0.231. The lowest BCUT2D eigenvalue weighted by Crippen LogP contribution is -2.56. The summed E-state index contributed by atoms with van der Waals surface area (Å²) in [5, 5.41) is 13.6. The van der Waals surface area contributed by atoms with Gasteiger partial charge in [-0.15, -0.1) is 0 Å². The molecule has 1 aromatic rings. The molecule has 2 rings (SSSR count). The maximum atomic E-state index is 12.0. The second-order valence-electron chi connectivity index (χ2n) is 4.46. The van der Waals surface area contributed by atoms with Gasteiger partial charge in [-0.1, -0.05) is 30.3 Å². The molecule has 1 aliphatic heterocycles. The van der Waals surface area contributed by atoms with Gasteiger partial charge in [-0.25, -0.2) is 9.59 Å². The summed E-state index contributed by atoms with van der Waals surface area (Å²) in [7, 11) is 0. The number of carboxylic acids is 1. The maximum absolute atomic E-state index is 12.0. The number of piperazine rings is 1. The molecule has 4 amide bonds. The van der Waals surface area contributed by atoms with E-state index in [-0.39, 0.29) is 13.1 Å². The number of hydrogen-bond acceptors (Lipinski definition) is 4.